The van der Waals surface area contributed by atoms with Crippen LogP contribution in [0.2, 0.25) is 0 Å². The third kappa shape index (κ3) is 3.65. The fourth-order valence-electron chi connectivity index (χ4n) is 1.32. The molecule has 1 fully saturated rings. The molecule has 1 saturated heterocycles. The van der Waals surface area contributed by atoms with Crippen LogP contribution < -0.4 is 0 Å². The van der Waals surface area contributed by atoms with Crippen molar-refractivity contribution >= 4 is 23.6 Å². The molecular weight excluding hydrogens is 226 g/mol. The Balaban J connectivity index is 2.37. The smallest absolute Gasteiger partial charge is 0.330 e. The van der Waals surface area contributed by atoms with E-state index in [-0.39, 0.29) is 37.4 Å². The molecule has 0 aromatic rings. The summed E-state index contributed by atoms with van der Waals surface area (Å²) in [5.74, 6) is -1.96. The molecule has 2 amide bonds. The van der Waals surface area contributed by atoms with Gasteiger partial charge >= 0.3 is 5.97 Å². The van der Waals surface area contributed by atoms with E-state index < -0.39 is 17.8 Å². The van der Waals surface area contributed by atoms with E-state index in [0.717, 1.165) is 0 Å². The van der Waals surface area contributed by atoms with Crippen molar-refractivity contribution in [2.75, 3.05) is 0 Å². The zero-order chi connectivity index (χ0) is 13.0. The maximum Gasteiger partial charge on any atom is 0.333 e. The summed E-state index contributed by atoms with van der Waals surface area (Å²) in [7, 11) is 0. The zero-order valence-corrected chi connectivity index (χ0v) is 9.89. The summed E-state index contributed by atoms with van der Waals surface area (Å²) in [5.41, 5.74) is 0. The Kier molecular flexibility index (Phi) is 4.37. The van der Waals surface area contributed by atoms with Crippen LogP contribution in [0.5, 0.6) is 0 Å². The second-order valence-electron chi connectivity index (χ2n) is 4.17. The summed E-state index contributed by atoms with van der Waals surface area (Å²) in [6.07, 6.45) is 0.0782. The highest BCUT2D eigenvalue weighted by atomic mass is 16.7. The standard InChI is InChI=1S/C11H15NO5/c1-7(2)8(13)3-6-11(16)17-12-9(14)4-5-10(12)15/h7H,3-6H2,1-2H3. The molecule has 1 heterocycles. The van der Waals surface area contributed by atoms with Gasteiger partial charge in [0.05, 0.1) is 6.42 Å². The minimum absolute atomic E-state index is 0.0546. The van der Waals surface area contributed by atoms with E-state index in [9.17, 15) is 19.2 Å². The van der Waals surface area contributed by atoms with Crippen LogP contribution in [-0.4, -0.2) is 28.6 Å². The predicted octanol–water partition coefficient (Wildman–Crippen LogP) is 0.599. The lowest BCUT2D eigenvalue weighted by atomic mass is 10.1. The summed E-state index contributed by atoms with van der Waals surface area (Å²) < 4.78 is 0. The van der Waals surface area contributed by atoms with E-state index in [4.69, 9.17) is 0 Å². The Morgan fingerprint density at radius 2 is 1.71 bits per heavy atom. The molecule has 0 bridgehead atoms. The Bertz CT molecular complexity index is 345. The summed E-state index contributed by atoms with van der Waals surface area (Å²) in [4.78, 5) is 49.4. The minimum Gasteiger partial charge on any atom is -0.330 e. The molecule has 0 saturated carbocycles. The molecule has 0 N–H and O–H groups in total. The average molecular weight is 241 g/mol. The summed E-state index contributed by atoms with van der Waals surface area (Å²) >= 11 is 0. The zero-order valence-electron chi connectivity index (χ0n) is 9.89. The summed E-state index contributed by atoms with van der Waals surface area (Å²) in [6, 6.07) is 0. The van der Waals surface area contributed by atoms with Gasteiger partial charge in [0.15, 0.2) is 0 Å². The van der Waals surface area contributed by atoms with E-state index in [2.05, 4.69) is 4.84 Å². The number of Topliss-reactive ketones (excluding diaryl/α,β-unsaturated/α-hetero) is 1. The highest BCUT2D eigenvalue weighted by Gasteiger charge is 2.32. The maximum absolute atomic E-state index is 11.3. The molecule has 0 atom stereocenters. The molecule has 17 heavy (non-hydrogen) atoms. The van der Waals surface area contributed by atoms with E-state index in [1.165, 1.54) is 0 Å². The van der Waals surface area contributed by atoms with Gasteiger partial charge in [-0.1, -0.05) is 13.8 Å². The maximum atomic E-state index is 11.3. The molecule has 1 aliphatic heterocycles. The largest absolute Gasteiger partial charge is 0.333 e. The van der Waals surface area contributed by atoms with Gasteiger partial charge < -0.3 is 4.84 Å². The van der Waals surface area contributed by atoms with Crippen molar-refractivity contribution in [3.63, 3.8) is 0 Å². The highest BCUT2D eigenvalue weighted by molar-refractivity contribution is 6.01. The first-order chi connectivity index (χ1) is 7.91. The van der Waals surface area contributed by atoms with Crippen LogP contribution in [0.3, 0.4) is 0 Å². The molecule has 1 rings (SSSR count). The van der Waals surface area contributed by atoms with E-state index in [1.54, 1.807) is 13.8 Å². The number of rotatable bonds is 5. The first-order valence-corrected chi connectivity index (χ1v) is 5.51. The van der Waals surface area contributed by atoms with Crippen molar-refractivity contribution in [2.45, 2.75) is 39.5 Å². The van der Waals surface area contributed by atoms with Gasteiger partial charge in [0.2, 0.25) is 0 Å². The van der Waals surface area contributed by atoms with Gasteiger partial charge in [-0.15, -0.1) is 5.06 Å². The molecule has 0 spiro atoms. The molecule has 94 valence electrons. The number of nitrogens with zero attached hydrogens (tertiary/aromatic N) is 1. The average Bonchev–Trinajstić information content (AvgIpc) is 2.57. The molecular formula is C11H15NO5. The van der Waals surface area contributed by atoms with E-state index in [1.807, 2.05) is 0 Å². The number of hydrogen-bond donors (Lipinski definition) is 0. The van der Waals surface area contributed by atoms with Crippen LogP contribution in [0.1, 0.15) is 39.5 Å². The number of carbonyl (C=O) groups excluding carboxylic acids is 4. The van der Waals surface area contributed by atoms with Crippen molar-refractivity contribution in [1.29, 1.82) is 0 Å². The summed E-state index contributed by atoms with van der Waals surface area (Å²) in [5, 5.41) is 0.488. The third-order valence-electron chi connectivity index (χ3n) is 2.42. The number of imide groups is 1. The van der Waals surface area contributed by atoms with Crippen molar-refractivity contribution in [2.24, 2.45) is 5.92 Å². The Hall–Kier alpha value is -1.72. The van der Waals surface area contributed by atoms with Crippen LogP contribution in [0.15, 0.2) is 0 Å². The quantitative estimate of drug-likeness (QED) is 0.658. The fraction of sp³-hybridized carbons (Fsp3) is 0.636. The Labute approximate surface area is 98.9 Å². The second kappa shape index (κ2) is 5.56. The Morgan fingerprint density at radius 1 is 1.18 bits per heavy atom. The van der Waals surface area contributed by atoms with Crippen LogP contribution >= 0.6 is 0 Å². The molecule has 6 heteroatoms. The molecule has 0 unspecified atom stereocenters. The van der Waals surface area contributed by atoms with Crippen LogP contribution in [0.4, 0.5) is 0 Å². The van der Waals surface area contributed by atoms with Crippen LogP contribution in [0.25, 0.3) is 0 Å². The summed E-state index contributed by atoms with van der Waals surface area (Å²) in [6.45, 7) is 3.47. The monoisotopic (exact) mass is 241 g/mol. The topological polar surface area (TPSA) is 80.8 Å². The number of hydroxylamine groups is 2. The fourth-order valence-corrected chi connectivity index (χ4v) is 1.32. The second-order valence-corrected chi connectivity index (χ2v) is 4.17. The first-order valence-electron chi connectivity index (χ1n) is 5.51. The lowest BCUT2D eigenvalue weighted by Gasteiger charge is -2.12. The lowest BCUT2D eigenvalue weighted by Crippen LogP contribution is -2.32. The Morgan fingerprint density at radius 3 is 2.18 bits per heavy atom. The van der Waals surface area contributed by atoms with E-state index in [0.29, 0.717) is 5.06 Å². The SMILES string of the molecule is CC(C)C(=O)CCC(=O)ON1C(=O)CCC1=O. The van der Waals surface area contributed by atoms with Gasteiger partial charge in [-0.25, -0.2) is 4.79 Å². The van der Waals surface area contributed by atoms with Crippen molar-refractivity contribution in [3.05, 3.63) is 0 Å². The lowest BCUT2D eigenvalue weighted by molar-refractivity contribution is -0.197. The highest BCUT2D eigenvalue weighted by Crippen LogP contribution is 2.13. The number of carbonyl (C=O) groups is 4. The van der Waals surface area contributed by atoms with Crippen LogP contribution in [-0.2, 0) is 24.0 Å². The van der Waals surface area contributed by atoms with Gasteiger partial charge in [-0.3, -0.25) is 14.4 Å². The van der Waals surface area contributed by atoms with Crippen molar-refractivity contribution < 1.29 is 24.0 Å². The number of amides is 2. The van der Waals surface area contributed by atoms with Crippen molar-refractivity contribution in [1.82, 2.24) is 5.06 Å². The number of hydrogen-bond acceptors (Lipinski definition) is 5. The molecule has 1 aliphatic rings. The van der Waals surface area contributed by atoms with Gasteiger partial charge in [-0.2, -0.15) is 0 Å². The van der Waals surface area contributed by atoms with Gasteiger partial charge in [0, 0.05) is 25.2 Å². The molecule has 0 aromatic carbocycles. The minimum atomic E-state index is -0.734. The first kappa shape index (κ1) is 13.3. The molecule has 0 radical (unpaired) electrons. The molecule has 0 aromatic heterocycles. The molecule has 0 aliphatic carbocycles. The van der Waals surface area contributed by atoms with Crippen LogP contribution in [0, 0.1) is 5.92 Å². The van der Waals surface area contributed by atoms with Crippen molar-refractivity contribution in [3.8, 4) is 0 Å². The van der Waals surface area contributed by atoms with Gasteiger partial charge in [0.25, 0.3) is 11.8 Å². The van der Waals surface area contributed by atoms with E-state index >= 15 is 0 Å². The predicted molar refractivity (Wildman–Crippen MR) is 56.3 cm³/mol. The van der Waals surface area contributed by atoms with Gasteiger partial charge in [0.1, 0.15) is 5.78 Å². The van der Waals surface area contributed by atoms with Gasteiger partial charge in [-0.05, 0) is 0 Å². The number of ketones is 1. The molecule has 6 nitrogen and oxygen atoms in total. The third-order valence-corrected chi connectivity index (χ3v) is 2.42. The normalized spacial score (nSPS) is 15.6.